The molecule has 1 aliphatic heterocycles. The van der Waals surface area contributed by atoms with E-state index in [0.29, 0.717) is 12.3 Å². The van der Waals surface area contributed by atoms with Gasteiger partial charge in [0, 0.05) is 45.3 Å². The minimum absolute atomic E-state index is 0.226. The lowest BCUT2D eigenvalue weighted by atomic mass is 10.0. The number of carbonyl (C=O) groups excluding carboxylic acids is 5. The molecule has 3 aromatic rings. The fourth-order valence-electron chi connectivity index (χ4n) is 4.56. The van der Waals surface area contributed by atoms with Crippen molar-refractivity contribution >= 4 is 29.3 Å². The van der Waals surface area contributed by atoms with E-state index >= 15 is 0 Å². The molecule has 0 aliphatic carbocycles. The predicted molar refractivity (Wildman–Crippen MR) is 158 cm³/mol. The summed E-state index contributed by atoms with van der Waals surface area (Å²) in [5.41, 5.74) is 9.88. The van der Waals surface area contributed by atoms with Crippen molar-refractivity contribution in [2.24, 2.45) is 5.73 Å². The minimum atomic E-state index is -0.804. The quantitative estimate of drug-likeness (QED) is 0.302. The molecular formula is C33H37N3O5. The Hall–Kier alpha value is -4.59. The molecule has 1 fully saturated rings. The third-order valence-electron chi connectivity index (χ3n) is 6.80. The van der Waals surface area contributed by atoms with Crippen molar-refractivity contribution in [3.8, 4) is 11.1 Å². The van der Waals surface area contributed by atoms with Gasteiger partial charge < -0.3 is 16.0 Å². The average Bonchev–Trinajstić information content (AvgIpc) is 3.17. The van der Waals surface area contributed by atoms with Crippen LogP contribution in [-0.4, -0.2) is 46.8 Å². The first-order chi connectivity index (χ1) is 19.6. The molecule has 3 amide bonds. The number of benzene rings is 3. The van der Waals surface area contributed by atoms with Crippen LogP contribution in [0.3, 0.4) is 0 Å². The lowest BCUT2D eigenvalue weighted by molar-refractivity contribution is -0.131. The van der Waals surface area contributed by atoms with Crippen molar-refractivity contribution in [1.29, 1.82) is 0 Å². The van der Waals surface area contributed by atoms with Gasteiger partial charge in [0.05, 0.1) is 0 Å². The van der Waals surface area contributed by atoms with Gasteiger partial charge in [-0.1, -0.05) is 85.3 Å². The minimum Gasteiger partial charge on any atom is -0.368 e. The van der Waals surface area contributed by atoms with Crippen LogP contribution >= 0.6 is 0 Å². The third-order valence-corrected chi connectivity index (χ3v) is 6.80. The summed E-state index contributed by atoms with van der Waals surface area (Å²) in [6, 6.07) is 24.4. The van der Waals surface area contributed by atoms with Crippen LogP contribution in [0.2, 0.25) is 0 Å². The molecule has 3 N–H and O–H groups in total. The summed E-state index contributed by atoms with van der Waals surface area (Å²) < 4.78 is 0. The van der Waals surface area contributed by atoms with Gasteiger partial charge in [0.2, 0.25) is 23.5 Å². The summed E-state index contributed by atoms with van der Waals surface area (Å²) in [5.74, 6) is -1.78. The molecule has 4 rings (SSSR count). The molecule has 8 nitrogen and oxygen atoms in total. The standard InChI is InChI=1S/C19H21NO.C14H16N2O4/c21-19-9-5-2-6-14-20(19)15-16-10-12-18(13-11-16)17-7-3-1-4-8-17;1-8(17)13(19)11-5-3-10(4-6-11)7-12(14(15)20)16-9(2)18/h1,3-4,7-8,10-13H,2,5-6,9,14-15H2;3-6,12H,7H2,1-2H3,(H2,15,20)(H,16,18)/t;12-/m.0/s1. The number of hydrogen-bond donors (Lipinski definition) is 2. The summed E-state index contributed by atoms with van der Waals surface area (Å²) in [5, 5.41) is 2.45. The van der Waals surface area contributed by atoms with Crippen molar-refractivity contribution in [3.05, 3.63) is 95.6 Å². The average molecular weight is 556 g/mol. The number of nitrogens with zero attached hydrogens (tertiary/aromatic N) is 1. The van der Waals surface area contributed by atoms with Crippen LogP contribution in [0.5, 0.6) is 0 Å². The van der Waals surface area contributed by atoms with E-state index in [1.54, 1.807) is 12.1 Å². The Balaban J connectivity index is 0.000000226. The SMILES string of the molecule is CC(=O)N[C@@H](Cc1ccc(C(=O)C(C)=O)cc1)C(N)=O.O=C1CCCCCN1Cc1ccc(-c2ccccc2)cc1. The van der Waals surface area contributed by atoms with Crippen molar-refractivity contribution in [2.75, 3.05) is 6.54 Å². The molecule has 0 saturated carbocycles. The fourth-order valence-corrected chi connectivity index (χ4v) is 4.56. The van der Waals surface area contributed by atoms with E-state index in [2.05, 4.69) is 53.8 Å². The van der Waals surface area contributed by atoms with Gasteiger partial charge in [-0.15, -0.1) is 0 Å². The van der Waals surface area contributed by atoms with Gasteiger partial charge in [0.25, 0.3) is 0 Å². The summed E-state index contributed by atoms with van der Waals surface area (Å²) >= 11 is 0. The molecule has 1 heterocycles. The molecule has 1 atom stereocenters. The molecule has 0 radical (unpaired) electrons. The van der Waals surface area contributed by atoms with Gasteiger partial charge in [-0.05, 0) is 35.1 Å². The molecule has 0 bridgehead atoms. The molecule has 41 heavy (non-hydrogen) atoms. The van der Waals surface area contributed by atoms with Gasteiger partial charge in [0.15, 0.2) is 5.78 Å². The van der Waals surface area contributed by atoms with E-state index in [0.717, 1.165) is 31.5 Å². The summed E-state index contributed by atoms with van der Waals surface area (Å²) in [4.78, 5) is 58.6. The monoisotopic (exact) mass is 555 g/mol. The molecule has 8 heteroatoms. The zero-order valence-corrected chi connectivity index (χ0v) is 23.6. The van der Waals surface area contributed by atoms with E-state index < -0.39 is 23.5 Å². The Kier molecular flexibility index (Phi) is 11.5. The second kappa shape index (κ2) is 15.3. The lowest BCUT2D eigenvalue weighted by Crippen LogP contribution is -2.44. The fraction of sp³-hybridized carbons (Fsp3) is 0.303. The molecule has 0 spiro atoms. The maximum absolute atomic E-state index is 12.0. The Labute approximate surface area is 240 Å². The molecule has 1 aliphatic rings. The van der Waals surface area contributed by atoms with Crippen molar-refractivity contribution in [1.82, 2.24) is 10.2 Å². The number of Topliss-reactive ketones (excluding diaryl/α,β-unsaturated/α-hetero) is 2. The van der Waals surface area contributed by atoms with Crippen molar-refractivity contribution < 1.29 is 24.0 Å². The highest BCUT2D eigenvalue weighted by molar-refractivity contribution is 6.42. The van der Waals surface area contributed by atoms with Crippen molar-refractivity contribution in [3.63, 3.8) is 0 Å². The largest absolute Gasteiger partial charge is 0.368 e. The first-order valence-corrected chi connectivity index (χ1v) is 13.8. The summed E-state index contributed by atoms with van der Waals surface area (Å²) in [7, 11) is 0. The van der Waals surface area contributed by atoms with Gasteiger partial charge in [-0.25, -0.2) is 0 Å². The topological polar surface area (TPSA) is 127 Å². The van der Waals surface area contributed by atoms with E-state index in [4.69, 9.17) is 5.73 Å². The number of amides is 3. The van der Waals surface area contributed by atoms with Crippen LogP contribution < -0.4 is 11.1 Å². The van der Waals surface area contributed by atoms with E-state index in [1.165, 1.54) is 49.1 Å². The van der Waals surface area contributed by atoms with Crippen LogP contribution in [0.25, 0.3) is 11.1 Å². The molecule has 214 valence electrons. The second-order valence-electron chi connectivity index (χ2n) is 10.1. The molecule has 3 aromatic carbocycles. The first kappa shape index (κ1) is 30.9. The zero-order valence-electron chi connectivity index (χ0n) is 23.6. The van der Waals surface area contributed by atoms with E-state index in [9.17, 15) is 24.0 Å². The molecule has 0 unspecified atom stereocenters. The number of carbonyl (C=O) groups is 5. The Bertz CT molecular complexity index is 1350. The second-order valence-corrected chi connectivity index (χ2v) is 10.1. The van der Waals surface area contributed by atoms with Crippen LogP contribution in [0.15, 0.2) is 78.9 Å². The number of ketones is 2. The summed E-state index contributed by atoms with van der Waals surface area (Å²) in [6.07, 6.45) is 4.29. The number of rotatable bonds is 9. The number of likely N-dealkylation sites (tertiary alicyclic amines) is 1. The van der Waals surface area contributed by atoms with Crippen LogP contribution in [0, 0.1) is 0 Å². The maximum Gasteiger partial charge on any atom is 0.240 e. The zero-order chi connectivity index (χ0) is 29.8. The lowest BCUT2D eigenvalue weighted by Gasteiger charge is -2.20. The number of nitrogens with two attached hydrogens (primary N) is 1. The molecule has 1 saturated heterocycles. The smallest absolute Gasteiger partial charge is 0.240 e. The van der Waals surface area contributed by atoms with E-state index in [-0.39, 0.29) is 17.9 Å². The Morgan fingerprint density at radius 2 is 1.41 bits per heavy atom. The Morgan fingerprint density at radius 1 is 0.805 bits per heavy atom. The number of nitrogens with one attached hydrogen (secondary N) is 1. The number of hydrogen-bond acceptors (Lipinski definition) is 5. The van der Waals surface area contributed by atoms with Gasteiger partial charge in [0.1, 0.15) is 6.04 Å². The van der Waals surface area contributed by atoms with Gasteiger partial charge >= 0.3 is 0 Å². The first-order valence-electron chi connectivity index (χ1n) is 13.8. The normalized spacial score (nSPS) is 13.7. The van der Waals surface area contributed by atoms with Gasteiger partial charge in [-0.3, -0.25) is 24.0 Å². The highest BCUT2D eigenvalue weighted by Crippen LogP contribution is 2.21. The third kappa shape index (κ3) is 9.83. The molecule has 0 aromatic heterocycles. The predicted octanol–water partition coefficient (Wildman–Crippen LogP) is 4.25. The van der Waals surface area contributed by atoms with Crippen LogP contribution in [0.4, 0.5) is 0 Å². The van der Waals surface area contributed by atoms with Crippen LogP contribution in [0.1, 0.15) is 61.0 Å². The highest BCUT2D eigenvalue weighted by atomic mass is 16.2. The van der Waals surface area contributed by atoms with Gasteiger partial charge in [-0.2, -0.15) is 0 Å². The summed E-state index contributed by atoms with van der Waals surface area (Å²) in [6.45, 7) is 4.15. The number of primary amides is 1. The maximum atomic E-state index is 12.0. The Morgan fingerprint density at radius 3 is 2.00 bits per heavy atom. The highest BCUT2D eigenvalue weighted by Gasteiger charge is 2.18. The van der Waals surface area contributed by atoms with Crippen molar-refractivity contribution in [2.45, 2.75) is 58.5 Å². The molecular weight excluding hydrogens is 518 g/mol. The van der Waals surface area contributed by atoms with E-state index in [1.807, 2.05) is 11.0 Å². The van der Waals surface area contributed by atoms with Crippen LogP contribution in [-0.2, 0) is 32.1 Å².